The summed E-state index contributed by atoms with van der Waals surface area (Å²) in [5.41, 5.74) is 4.31. The molecule has 0 spiro atoms. The number of hydrogen-bond acceptors (Lipinski definition) is 4. The van der Waals surface area contributed by atoms with Crippen molar-refractivity contribution in [2.75, 3.05) is 11.4 Å². The van der Waals surface area contributed by atoms with E-state index in [0.717, 1.165) is 0 Å². The van der Waals surface area contributed by atoms with Crippen molar-refractivity contribution in [3.8, 4) is 5.75 Å². The van der Waals surface area contributed by atoms with Gasteiger partial charge in [0.05, 0.1) is 11.3 Å². The molecule has 0 atom stereocenters. The van der Waals surface area contributed by atoms with Crippen LogP contribution in [0.2, 0.25) is 0 Å². The molecule has 7 nitrogen and oxygen atoms in total. The fourth-order valence-corrected chi connectivity index (χ4v) is 2.02. The SMILES string of the molecule is CC1(C)Oc2cc(C(=O)O)ccc2N(CC(N)=O)C1=O. The molecule has 2 rings (SSSR count). The minimum Gasteiger partial charge on any atom is -0.478 e. The Morgan fingerprint density at radius 2 is 2.05 bits per heavy atom. The minimum absolute atomic E-state index is 0.0351. The van der Waals surface area contributed by atoms with E-state index >= 15 is 0 Å². The van der Waals surface area contributed by atoms with Crippen LogP contribution < -0.4 is 15.4 Å². The van der Waals surface area contributed by atoms with E-state index in [-0.39, 0.29) is 17.9 Å². The van der Waals surface area contributed by atoms with E-state index in [4.69, 9.17) is 15.6 Å². The van der Waals surface area contributed by atoms with Gasteiger partial charge in [0.1, 0.15) is 12.3 Å². The van der Waals surface area contributed by atoms with Crippen molar-refractivity contribution in [3.05, 3.63) is 23.8 Å². The molecule has 1 aliphatic rings. The van der Waals surface area contributed by atoms with Crippen LogP contribution in [-0.4, -0.2) is 35.0 Å². The molecular weight excluding hydrogens is 264 g/mol. The standard InChI is InChI=1S/C13H14N2O5/c1-13(2)12(19)15(6-10(14)16)8-4-3-7(11(17)18)5-9(8)20-13/h3-5H,6H2,1-2H3,(H2,14,16)(H,17,18). The Hall–Kier alpha value is -2.57. The maximum absolute atomic E-state index is 12.2. The first-order chi connectivity index (χ1) is 9.22. The third-order valence-corrected chi connectivity index (χ3v) is 2.94. The van der Waals surface area contributed by atoms with Crippen molar-refractivity contribution in [3.63, 3.8) is 0 Å². The minimum atomic E-state index is -1.19. The summed E-state index contributed by atoms with van der Waals surface area (Å²) in [6.45, 7) is 2.80. The van der Waals surface area contributed by atoms with Crippen molar-refractivity contribution in [1.29, 1.82) is 0 Å². The van der Waals surface area contributed by atoms with E-state index in [1.807, 2.05) is 0 Å². The first-order valence-corrected chi connectivity index (χ1v) is 5.89. The number of nitrogens with two attached hydrogens (primary N) is 1. The molecule has 0 aliphatic carbocycles. The number of aromatic carboxylic acids is 1. The Balaban J connectivity index is 2.54. The van der Waals surface area contributed by atoms with Gasteiger partial charge in [0.2, 0.25) is 5.91 Å². The third kappa shape index (κ3) is 2.29. The molecule has 1 aromatic carbocycles. The highest BCUT2D eigenvalue weighted by Gasteiger charge is 2.41. The van der Waals surface area contributed by atoms with Gasteiger partial charge in [-0.1, -0.05) is 0 Å². The van der Waals surface area contributed by atoms with Gasteiger partial charge >= 0.3 is 5.97 Å². The average Bonchev–Trinajstić information content (AvgIpc) is 2.33. The zero-order valence-electron chi connectivity index (χ0n) is 11.0. The van der Waals surface area contributed by atoms with E-state index in [1.165, 1.54) is 23.1 Å². The number of carbonyl (C=O) groups excluding carboxylic acids is 2. The van der Waals surface area contributed by atoms with E-state index in [2.05, 4.69) is 0 Å². The molecule has 1 aliphatic heterocycles. The monoisotopic (exact) mass is 278 g/mol. The molecule has 20 heavy (non-hydrogen) atoms. The molecule has 3 N–H and O–H groups in total. The zero-order valence-corrected chi connectivity index (χ0v) is 11.0. The van der Waals surface area contributed by atoms with Crippen molar-refractivity contribution in [1.82, 2.24) is 0 Å². The fraction of sp³-hybridized carbons (Fsp3) is 0.308. The number of nitrogens with zero attached hydrogens (tertiary/aromatic N) is 1. The second-order valence-electron chi connectivity index (χ2n) is 4.96. The number of carboxylic acid groups (broad SMARTS) is 1. The summed E-state index contributed by atoms with van der Waals surface area (Å²) in [6, 6.07) is 4.08. The predicted octanol–water partition coefficient (Wildman–Crippen LogP) is 0.374. The number of fused-ring (bicyclic) bond motifs is 1. The summed E-state index contributed by atoms with van der Waals surface area (Å²) < 4.78 is 5.53. The second-order valence-corrected chi connectivity index (χ2v) is 4.96. The van der Waals surface area contributed by atoms with E-state index in [1.54, 1.807) is 13.8 Å². The summed E-state index contributed by atoms with van der Waals surface area (Å²) in [5.74, 6) is -1.94. The number of rotatable bonds is 3. The van der Waals surface area contributed by atoms with Gasteiger partial charge in [-0.15, -0.1) is 0 Å². The Morgan fingerprint density at radius 1 is 1.40 bits per heavy atom. The zero-order chi connectivity index (χ0) is 15.1. The highest BCUT2D eigenvalue weighted by molar-refractivity contribution is 6.06. The van der Waals surface area contributed by atoms with Gasteiger partial charge in [0.15, 0.2) is 5.60 Å². The molecular formula is C13H14N2O5. The molecule has 0 unspecified atom stereocenters. The van der Waals surface area contributed by atoms with Crippen LogP contribution in [0.3, 0.4) is 0 Å². The first kappa shape index (κ1) is 13.9. The number of benzene rings is 1. The van der Waals surface area contributed by atoms with Gasteiger partial charge < -0.3 is 15.6 Å². The Labute approximate surface area is 114 Å². The molecule has 0 saturated heterocycles. The largest absolute Gasteiger partial charge is 0.478 e. The van der Waals surface area contributed by atoms with Gasteiger partial charge in [-0.2, -0.15) is 0 Å². The molecule has 2 amide bonds. The molecule has 0 radical (unpaired) electrons. The molecule has 0 saturated carbocycles. The number of amides is 2. The number of carbonyl (C=O) groups is 3. The molecule has 1 aromatic rings. The van der Waals surface area contributed by atoms with E-state index in [0.29, 0.717) is 5.69 Å². The van der Waals surface area contributed by atoms with Crippen molar-refractivity contribution < 1.29 is 24.2 Å². The highest BCUT2D eigenvalue weighted by Crippen LogP contribution is 2.38. The molecule has 1 heterocycles. The van der Waals surface area contributed by atoms with Crippen LogP contribution in [0.25, 0.3) is 0 Å². The lowest BCUT2D eigenvalue weighted by Gasteiger charge is -2.38. The molecule has 0 fully saturated rings. The van der Waals surface area contributed by atoms with Gasteiger partial charge in [0, 0.05) is 0 Å². The van der Waals surface area contributed by atoms with Crippen molar-refractivity contribution >= 4 is 23.5 Å². The summed E-state index contributed by atoms with van der Waals surface area (Å²) in [4.78, 5) is 35.5. The van der Waals surface area contributed by atoms with Crippen LogP contribution >= 0.6 is 0 Å². The van der Waals surface area contributed by atoms with Crippen LogP contribution in [-0.2, 0) is 9.59 Å². The second kappa shape index (κ2) is 4.52. The quantitative estimate of drug-likeness (QED) is 0.830. The van der Waals surface area contributed by atoms with Crippen LogP contribution in [0.5, 0.6) is 5.75 Å². The summed E-state index contributed by atoms with van der Waals surface area (Å²) in [7, 11) is 0. The first-order valence-electron chi connectivity index (χ1n) is 5.89. The van der Waals surface area contributed by atoms with E-state index < -0.39 is 23.4 Å². The number of hydrogen-bond donors (Lipinski definition) is 2. The van der Waals surface area contributed by atoms with Gasteiger partial charge in [-0.3, -0.25) is 14.5 Å². The topological polar surface area (TPSA) is 110 Å². The van der Waals surface area contributed by atoms with E-state index in [9.17, 15) is 14.4 Å². The molecule has 7 heteroatoms. The van der Waals surface area contributed by atoms with Crippen LogP contribution in [0.15, 0.2) is 18.2 Å². The predicted molar refractivity (Wildman–Crippen MR) is 69.7 cm³/mol. The van der Waals surface area contributed by atoms with Crippen LogP contribution in [0, 0.1) is 0 Å². The molecule has 0 aromatic heterocycles. The van der Waals surface area contributed by atoms with Crippen molar-refractivity contribution in [2.45, 2.75) is 19.4 Å². The lowest BCUT2D eigenvalue weighted by molar-refractivity contribution is -0.133. The Morgan fingerprint density at radius 3 is 2.60 bits per heavy atom. The molecule has 106 valence electrons. The summed E-state index contributed by atoms with van der Waals surface area (Å²) in [5, 5.41) is 8.97. The van der Waals surface area contributed by atoms with Gasteiger partial charge in [0.25, 0.3) is 5.91 Å². The lowest BCUT2D eigenvalue weighted by Crippen LogP contribution is -2.54. The number of primary amides is 1. The Kier molecular flexibility index (Phi) is 3.13. The average molecular weight is 278 g/mol. The highest BCUT2D eigenvalue weighted by atomic mass is 16.5. The normalized spacial score (nSPS) is 16.3. The number of ether oxygens (including phenoxy) is 1. The fourth-order valence-electron chi connectivity index (χ4n) is 2.02. The number of anilines is 1. The summed E-state index contributed by atoms with van der Waals surface area (Å²) in [6.07, 6.45) is 0. The maximum atomic E-state index is 12.2. The molecule has 0 bridgehead atoms. The van der Waals surface area contributed by atoms with Crippen LogP contribution in [0.4, 0.5) is 5.69 Å². The smallest absolute Gasteiger partial charge is 0.335 e. The lowest BCUT2D eigenvalue weighted by atomic mass is 10.0. The van der Waals surface area contributed by atoms with Crippen molar-refractivity contribution in [2.24, 2.45) is 5.73 Å². The van der Waals surface area contributed by atoms with Crippen LogP contribution in [0.1, 0.15) is 24.2 Å². The number of carboxylic acids is 1. The summed E-state index contributed by atoms with van der Waals surface area (Å²) >= 11 is 0. The Bertz CT molecular complexity index is 609. The maximum Gasteiger partial charge on any atom is 0.335 e. The van der Waals surface area contributed by atoms with Gasteiger partial charge in [-0.25, -0.2) is 4.79 Å². The van der Waals surface area contributed by atoms with Gasteiger partial charge in [-0.05, 0) is 32.0 Å². The third-order valence-electron chi connectivity index (χ3n) is 2.94.